The van der Waals surface area contributed by atoms with Crippen molar-refractivity contribution in [2.45, 2.75) is 39.5 Å². The normalized spacial score (nSPS) is 12.8. The minimum absolute atomic E-state index is 0.156. The van der Waals surface area contributed by atoms with Crippen LogP contribution in [0.5, 0.6) is 0 Å². The molecule has 0 saturated carbocycles. The van der Waals surface area contributed by atoms with Crippen LogP contribution in [0.15, 0.2) is 16.2 Å². The number of unbranched alkanes of at least 4 members (excludes halogenated alkanes) is 2. The number of hydrazone groups is 1. The second-order valence-electron chi connectivity index (χ2n) is 6.47. The van der Waals surface area contributed by atoms with Crippen molar-refractivity contribution in [3.8, 4) is 0 Å². The van der Waals surface area contributed by atoms with Crippen LogP contribution >= 0.6 is 23.5 Å². The number of thioether (sulfide) groups is 2. The van der Waals surface area contributed by atoms with Gasteiger partial charge in [-0.2, -0.15) is 0 Å². The van der Waals surface area contributed by atoms with Crippen LogP contribution in [-0.2, 0) is 9.59 Å². The molecule has 0 bridgehead atoms. The molecule has 0 radical (unpaired) electrons. The monoisotopic (exact) mass is 488 g/mol. The lowest BCUT2D eigenvalue weighted by atomic mass is 10.3. The van der Waals surface area contributed by atoms with E-state index in [1.54, 1.807) is 13.1 Å². The van der Waals surface area contributed by atoms with Crippen LogP contribution in [-0.4, -0.2) is 65.8 Å². The summed E-state index contributed by atoms with van der Waals surface area (Å²) < 4.78 is 0. The molecule has 0 spiro atoms. The van der Waals surface area contributed by atoms with Crippen molar-refractivity contribution in [2.24, 2.45) is 5.10 Å². The molecule has 1 aliphatic rings. The van der Waals surface area contributed by atoms with Gasteiger partial charge in [0.15, 0.2) is 0 Å². The van der Waals surface area contributed by atoms with Gasteiger partial charge in [-0.1, -0.05) is 26.7 Å². The molecular formula is C18H32N8O4S2. The number of rotatable bonds is 12. The van der Waals surface area contributed by atoms with Crippen LogP contribution in [0.4, 0.5) is 9.59 Å². The summed E-state index contributed by atoms with van der Waals surface area (Å²) in [5, 5.41) is 15.9. The molecule has 0 fully saturated rings. The molecule has 1 rings (SSSR count). The van der Waals surface area contributed by atoms with E-state index >= 15 is 0 Å². The molecule has 4 amide bonds. The first-order valence-electron chi connectivity index (χ1n) is 10.4. The Bertz CT molecular complexity index is 717. The van der Waals surface area contributed by atoms with E-state index in [1.165, 1.54) is 5.23 Å². The van der Waals surface area contributed by atoms with Crippen LogP contribution in [0.3, 0.4) is 0 Å². The highest BCUT2D eigenvalue weighted by molar-refractivity contribution is 8.26. The first kappa shape index (κ1) is 27.6. The van der Waals surface area contributed by atoms with Crippen molar-refractivity contribution in [1.29, 1.82) is 0 Å². The Balaban J connectivity index is 2.49. The highest BCUT2D eigenvalue weighted by atomic mass is 32.2. The molecule has 6 N–H and O–H groups in total. The van der Waals surface area contributed by atoms with Gasteiger partial charge in [0.2, 0.25) is 10.2 Å². The molecule has 0 aromatic rings. The number of nitrogens with zero attached hydrogens (tertiary/aromatic N) is 2. The maximum Gasteiger partial charge on any atom is 0.315 e. The van der Waals surface area contributed by atoms with Gasteiger partial charge in [-0.15, -0.1) is 10.3 Å². The molecule has 0 aromatic heterocycles. The van der Waals surface area contributed by atoms with Crippen LogP contribution in [0.25, 0.3) is 0 Å². The fourth-order valence-electron chi connectivity index (χ4n) is 2.11. The first-order valence-corrected chi connectivity index (χ1v) is 12.0. The maximum atomic E-state index is 12.2. The van der Waals surface area contributed by atoms with Gasteiger partial charge in [-0.3, -0.25) is 15.0 Å². The number of nitrogens with one attached hydrogen (secondary N) is 6. The van der Waals surface area contributed by atoms with E-state index in [-0.39, 0.29) is 23.3 Å². The molecule has 180 valence electrons. The Morgan fingerprint density at radius 2 is 1.44 bits per heavy atom. The molecule has 1 aliphatic heterocycles. The maximum absolute atomic E-state index is 12.2. The predicted molar refractivity (Wildman–Crippen MR) is 127 cm³/mol. The van der Waals surface area contributed by atoms with Gasteiger partial charge in [0.1, 0.15) is 10.1 Å². The Hall–Kier alpha value is -2.45. The van der Waals surface area contributed by atoms with Crippen LogP contribution in [0, 0.1) is 0 Å². The summed E-state index contributed by atoms with van der Waals surface area (Å²) in [6, 6.07) is -0.801. The molecule has 0 aromatic carbocycles. The molecule has 1 heterocycles. The quantitative estimate of drug-likeness (QED) is 0.219. The highest BCUT2D eigenvalue weighted by Gasteiger charge is 2.19. The van der Waals surface area contributed by atoms with Gasteiger partial charge in [-0.05, 0) is 36.4 Å². The fourth-order valence-corrected chi connectivity index (χ4v) is 3.55. The number of hydrazine groups is 2. The van der Waals surface area contributed by atoms with Gasteiger partial charge in [-0.25, -0.2) is 15.0 Å². The standard InChI is InChI=1S/C18H32N8O4S2/c1-4-6-8-20-17(29)22-11-15(27)31-13-10-14(25-26(19-3)24-13)32-16(28)12-23-18(30)21-9-7-5-2/h10,19,24H,4-9,11-12H2,1-3H3,(H2,20,22,29)(H2,21,23,30). The number of urea groups is 2. The van der Waals surface area contributed by atoms with Crippen molar-refractivity contribution in [3.63, 3.8) is 0 Å². The SMILES string of the molecule is CCCCNC(=O)NCC(=O)SC1=CC(SC(=O)CNC(=O)NCCCC)=NN(NC)N1. The zero-order valence-electron chi connectivity index (χ0n) is 18.6. The molecule has 0 unspecified atom stereocenters. The summed E-state index contributed by atoms with van der Waals surface area (Å²) in [4.78, 5) is 47.6. The summed E-state index contributed by atoms with van der Waals surface area (Å²) in [5.74, 6) is 0. The minimum Gasteiger partial charge on any atom is -0.338 e. The average molecular weight is 489 g/mol. The van der Waals surface area contributed by atoms with Crippen molar-refractivity contribution >= 4 is 50.9 Å². The lowest BCUT2D eigenvalue weighted by Gasteiger charge is -2.24. The molecule has 14 heteroatoms. The van der Waals surface area contributed by atoms with Crippen molar-refractivity contribution in [2.75, 3.05) is 33.2 Å². The zero-order valence-corrected chi connectivity index (χ0v) is 20.2. The summed E-state index contributed by atoms with van der Waals surface area (Å²) in [7, 11) is 1.61. The Morgan fingerprint density at radius 3 is 1.94 bits per heavy atom. The van der Waals surface area contributed by atoms with Gasteiger partial charge in [0.05, 0.1) is 13.1 Å². The minimum atomic E-state index is -0.403. The number of carbonyl (C=O) groups excluding carboxylic acids is 4. The average Bonchev–Trinajstić information content (AvgIpc) is 2.76. The third kappa shape index (κ3) is 12.4. The fraction of sp³-hybridized carbons (Fsp3) is 0.611. The predicted octanol–water partition coefficient (Wildman–Crippen LogP) is 0.814. The summed E-state index contributed by atoms with van der Waals surface area (Å²) in [6.07, 6.45) is 5.19. The molecule has 12 nitrogen and oxygen atoms in total. The Labute approximate surface area is 196 Å². The third-order valence-corrected chi connectivity index (χ3v) is 5.32. The van der Waals surface area contributed by atoms with Crippen molar-refractivity contribution < 1.29 is 19.2 Å². The Kier molecular flexibility index (Phi) is 14.0. The molecular weight excluding hydrogens is 456 g/mol. The van der Waals surface area contributed by atoms with Crippen LogP contribution in [0.1, 0.15) is 39.5 Å². The molecule has 0 atom stereocenters. The number of amides is 4. The number of hydrogen-bond acceptors (Lipinski definition) is 10. The van der Waals surface area contributed by atoms with Crippen LogP contribution < -0.4 is 32.1 Å². The highest BCUT2D eigenvalue weighted by Crippen LogP contribution is 2.20. The largest absolute Gasteiger partial charge is 0.338 e. The van der Waals surface area contributed by atoms with E-state index in [0.717, 1.165) is 49.2 Å². The number of carbonyl (C=O) groups is 4. The summed E-state index contributed by atoms with van der Waals surface area (Å²) in [5.41, 5.74) is 5.60. The van der Waals surface area contributed by atoms with Crippen molar-refractivity contribution in [3.05, 3.63) is 11.1 Å². The van der Waals surface area contributed by atoms with Crippen LogP contribution in [0.2, 0.25) is 0 Å². The first-order chi connectivity index (χ1) is 15.4. The number of hydrogen-bond donors (Lipinski definition) is 6. The molecule has 0 aliphatic carbocycles. The zero-order chi connectivity index (χ0) is 23.8. The third-order valence-electron chi connectivity index (χ3n) is 3.74. The van der Waals surface area contributed by atoms with E-state index in [4.69, 9.17) is 0 Å². The van der Waals surface area contributed by atoms with E-state index in [2.05, 4.69) is 37.2 Å². The van der Waals surface area contributed by atoms with Gasteiger partial charge in [0.25, 0.3) is 0 Å². The van der Waals surface area contributed by atoms with E-state index in [1.807, 2.05) is 13.8 Å². The van der Waals surface area contributed by atoms with Crippen molar-refractivity contribution in [1.82, 2.24) is 37.3 Å². The van der Waals surface area contributed by atoms with Gasteiger partial charge in [0, 0.05) is 26.2 Å². The lowest BCUT2D eigenvalue weighted by molar-refractivity contribution is -0.110. The van der Waals surface area contributed by atoms with E-state index < -0.39 is 12.1 Å². The second kappa shape index (κ2) is 16.2. The lowest BCUT2D eigenvalue weighted by Crippen LogP contribution is -2.44. The summed E-state index contributed by atoms with van der Waals surface area (Å²) in [6.45, 7) is 4.81. The topological polar surface area (TPSA) is 156 Å². The summed E-state index contributed by atoms with van der Waals surface area (Å²) >= 11 is 1.71. The van der Waals surface area contributed by atoms with E-state index in [9.17, 15) is 19.2 Å². The second-order valence-corrected chi connectivity index (χ2v) is 8.65. The van der Waals surface area contributed by atoms with Gasteiger partial charge >= 0.3 is 12.1 Å². The molecule has 32 heavy (non-hydrogen) atoms. The molecule has 0 saturated heterocycles. The van der Waals surface area contributed by atoms with Gasteiger partial charge < -0.3 is 21.3 Å². The smallest absolute Gasteiger partial charge is 0.315 e. The Morgan fingerprint density at radius 1 is 0.906 bits per heavy atom. The van der Waals surface area contributed by atoms with E-state index in [0.29, 0.717) is 23.2 Å².